The number of carbonyl (C=O) groups excluding carboxylic acids is 1. The van der Waals surface area contributed by atoms with Gasteiger partial charge in [-0.15, -0.1) is 0 Å². The molecule has 1 aromatic carbocycles. The number of carbonyl (C=O) groups is 1. The van der Waals surface area contributed by atoms with E-state index in [2.05, 4.69) is 10.1 Å². The molecule has 1 saturated heterocycles. The van der Waals surface area contributed by atoms with Crippen LogP contribution < -0.4 is 10.1 Å². The highest BCUT2D eigenvalue weighted by atomic mass is 19.3. The monoisotopic (exact) mass is 329 g/mol. The van der Waals surface area contributed by atoms with Crippen molar-refractivity contribution in [3.63, 3.8) is 0 Å². The lowest BCUT2D eigenvalue weighted by atomic mass is 10.1. The minimum Gasteiger partial charge on any atom is -0.433 e. The zero-order valence-corrected chi connectivity index (χ0v) is 13.2. The molecule has 1 amide bonds. The van der Waals surface area contributed by atoms with Gasteiger partial charge in [0.05, 0.1) is 18.4 Å². The fourth-order valence-corrected chi connectivity index (χ4v) is 2.32. The van der Waals surface area contributed by atoms with Crippen LogP contribution in [-0.4, -0.2) is 37.9 Å². The van der Waals surface area contributed by atoms with Crippen LogP contribution in [0.25, 0.3) is 0 Å². The molecular formula is C16H21F2NO4. The number of aryl methyl sites for hydroxylation is 1. The van der Waals surface area contributed by atoms with E-state index in [4.69, 9.17) is 9.47 Å². The van der Waals surface area contributed by atoms with E-state index in [0.717, 1.165) is 12.8 Å². The van der Waals surface area contributed by atoms with Gasteiger partial charge in [-0.2, -0.15) is 8.78 Å². The first-order valence-corrected chi connectivity index (χ1v) is 7.56. The summed E-state index contributed by atoms with van der Waals surface area (Å²) in [5, 5.41) is 2.60. The minimum atomic E-state index is -2.96. The lowest BCUT2D eigenvalue weighted by molar-refractivity contribution is -0.128. The van der Waals surface area contributed by atoms with Crippen LogP contribution in [0.3, 0.4) is 0 Å². The average molecular weight is 329 g/mol. The van der Waals surface area contributed by atoms with Crippen molar-refractivity contribution in [3.05, 3.63) is 23.8 Å². The first kappa shape index (κ1) is 17.6. The van der Waals surface area contributed by atoms with Gasteiger partial charge in [0.1, 0.15) is 11.9 Å². The van der Waals surface area contributed by atoms with Crippen molar-refractivity contribution in [2.75, 3.05) is 18.5 Å². The number of halogens is 2. The maximum absolute atomic E-state index is 12.4. The third-order valence-electron chi connectivity index (χ3n) is 3.62. The SMILES string of the molecule is Cc1cccc(OC(F)F)c1NC(=O)[C@@H](C)OC[C@@H]1CCCO1. The fraction of sp³-hybridized carbons (Fsp3) is 0.562. The van der Waals surface area contributed by atoms with Crippen LogP contribution in [0.4, 0.5) is 14.5 Å². The van der Waals surface area contributed by atoms with Crippen molar-refractivity contribution in [2.24, 2.45) is 0 Å². The first-order valence-electron chi connectivity index (χ1n) is 7.56. The molecule has 7 heteroatoms. The zero-order valence-electron chi connectivity index (χ0n) is 13.2. The van der Waals surface area contributed by atoms with E-state index in [1.165, 1.54) is 6.07 Å². The molecule has 0 bridgehead atoms. The molecule has 0 saturated carbocycles. The summed E-state index contributed by atoms with van der Waals surface area (Å²) in [6.07, 6.45) is 1.20. The van der Waals surface area contributed by atoms with E-state index in [1.807, 2.05) is 0 Å². The van der Waals surface area contributed by atoms with Crippen molar-refractivity contribution >= 4 is 11.6 Å². The second-order valence-corrected chi connectivity index (χ2v) is 5.43. The van der Waals surface area contributed by atoms with Crippen LogP contribution in [-0.2, 0) is 14.3 Å². The molecule has 0 radical (unpaired) electrons. The molecule has 2 rings (SSSR count). The third-order valence-corrected chi connectivity index (χ3v) is 3.62. The number of hydrogen-bond acceptors (Lipinski definition) is 4. The van der Waals surface area contributed by atoms with Crippen LogP contribution in [0.15, 0.2) is 18.2 Å². The zero-order chi connectivity index (χ0) is 16.8. The molecule has 1 aromatic rings. The highest BCUT2D eigenvalue weighted by Crippen LogP contribution is 2.29. The quantitative estimate of drug-likeness (QED) is 0.835. The smallest absolute Gasteiger partial charge is 0.387 e. The number of anilines is 1. The third kappa shape index (κ3) is 5.14. The normalized spacial score (nSPS) is 18.9. The Hall–Kier alpha value is -1.73. The summed E-state index contributed by atoms with van der Waals surface area (Å²) < 4.78 is 40.3. The average Bonchev–Trinajstić information content (AvgIpc) is 3.01. The topological polar surface area (TPSA) is 56.8 Å². The van der Waals surface area contributed by atoms with Gasteiger partial charge in [0.25, 0.3) is 5.91 Å². The molecule has 0 aliphatic carbocycles. The molecule has 0 aromatic heterocycles. The minimum absolute atomic E-state index is 0.0152. The molecule has 0 unspecified atom stereocenters. The van der Waals surface area contributed by atoms with Crippen molar-refractivity contribution < 1.29 is 27.8 Å². The van der Waals surface area contributed by atoms with E-state index < -0.39 is 18.6 Å². The molecule has 1 aliphatic rings. The summed E-state index contributed by atoms with van der Waals surface area (Å²) in [5.74, 6) is -0.490. The summed E-state index contributed by atoms with van der Waals surface area (Å²) in [6, 6.07) is 4.67. The Kier molecular flexibility index (Phi) is 6.29. The molecular weight excluding hydrogens is 308 g/mol. The second-order valence-electron chi connectivity index (χ2n) is 5.43. The van der Waals surface area contributed by atoms with Crippen LogP contribution >= 0.6 is 0 Å². The van der Waals surface area contributed by atoms with Crippen molar-refractivity contribution in [3.8, 4) is 5.75 Å². The van der Waals surface area contributed by atoms with Gasteiger partial charge in [-0.05, 0) is 38.3 Å². The maximum atomic E-state index is 12.4. The van der Waals surface area contributed by atoms with Crippen molar-refractivity contribution in [1.29, 1.82) is 0 Å². The summed E-state index contributed by atoms with van der Waals surface area (Å²) in [6.45, 7) is 1.40. The summed E-state index contributed by atoms with van der Waals surface area (Å²) in [5.41, 5.74) is 0.855. The fourth-order valence-electron chi connectivity index (χ4n) is 2.32. The van der Waals surface area contributed by atoms with E-state index >= 15 is 0 Å². The Morgan fingerprint density at radius 2 is 2.26 bits per heavy atom. The Morgan fingerprint density at radius 1 is 1.48 bits per heavy atom. The van der Waals surface area contributed by atoms with E-state index in [9.17, 15) is 13.6 Å². The van der Waals surface area contributed by atoms with E-state index in [1.54, 1.807) is 26.0 Å². The highest BCUT2D eigenvalue weighted by molar-refractivity contribution is 5.96. The number of alkyl halides is 2. The summed E-state index contributed by atoms with van der Waals surface area (Å²) >= 11 is 0. The first-order chi connectivity index (χ1) is 11.0. The van der Waals surface area contributed by atoms with Crippen molar-refractivity contribution in [1.82, 2.24) is 0 Å². The van der Waals surface area contributed by atoms with Gasteiger partial charge in [-0.1, -0.05) is 12.1 Å². The van der Waals surface area contributed by atoms with E-state index in [-0.39, 0.29) is 17.5 Å². The number of amides is 1. The molecule has 1 heterocycles. The second kappa shape index (κ2) is 8.21. The maximum Gasteiger partial charge on any atom is 0.387 e. The number of para-hydroxylation sites is 1. The number of benzene rings is 1. The van der Waals surface area contributed by atoms with Gasteiger partial charge in [-0.3, -0.25) is 4.79 Å². The van der Waals surface area contributed by atoms with Gasteiger partial charge in [0.15, 0.2) is 0 Å². The van der Waals surface area contributed by atoms with E-state index in [0.29, 0.717) is 18.8 Å². The Labute approximate surface area is 133 Å². The van der Waals surface area contributed by atoms with Crippen LogP contribution in [0, 0.1) is 6.92 Å². The van der Waals surface area contributed by atoms with Crippen molar-refractivity contribution in [2.45, 2.75) is 45.5 Å². The van der Waals surface area contributed by atoms with Crippen LogP contribution in [0.1, 0.15) is 25.3 Å². The van der Waals surface area contributed by atoms with Gasteiger partial charge in [0.2, 0.25) is 0 Å². The van der Waals surface area contributed by atoms with Gasteiger partial charge < -0.3 is 19.5 Å². The lowest BCUT2D eigenvalue weighted by Gasteiger charge is -2.18. The Balaban J connectivity index is 1.95. The standard InChI is InChI=1S/C16H21F2NO4/c1-10-5-3-7-13(23-16(17)18)14(10)19-15(20)11(2)22-9-12-6-4-8-21-12/h3,5,7,11-12,16H,4,6,8-9H2,1-2H3,(H,19,20)/t11-,12+/m1/s1. The molecule has 5 nitrogen and oxygen atoms in total. The molecule has 1 N–H and O–H groups in total. The predicted octanol–water partition coefficient (Wildman–Crippen LogP) is 3.12. The highest BCUT2D eigenvalue weighted by Gasteiger charge is 2.21. The molecule has 0 spiro atoms. The largest absolute Gasteiger partial charge is 0.433 e. The molecule has 1 fully saturated rings. The number of rotatable bonds is 7. The molecule has 23 heavy (non-hydrogen) atoms. The number of hydrogen-bond donors (Lipinski definition) is 1. The molecule has 128 valence electrons. The lowest BCUT2D eigenvalue weighted by Crippen LogP contribution is -2.31. The number of nitrogens with one attached hydrogen (secondary N) is 1. The molecule has 1 aliphatic heterocycles. The summed E-state index contributed by atoms with van der Waals surface area (Å²) in [4.78, 5) is 12.2. The van der Waals surface area contributed by atoms with Gasteiger partial charge in [0, 0.05) is 6.61 Å². The van der Waals surface area contributed by atoms with Gasteiger partial charge in [-0.25, -0.2) is 0 Å². The summed E-state index contributed by atoms with van der Waals surface area (Å²) in [7, 11) is 0. The van der Waals surface area contributed by atoms with Crippen LogP contribution in [0.2, 0.25) is 0 Å². The molecule has 2 atom stereocenters. The van der Waals surface area contributed by atoms with Crippen LogP contribution in [0.5, 0.6) is 5.75 Å². The number of ether oxygens (including phenoxy) is 3. The Bertz CT molecular complexity index is 533. The predicted molar refractivity (Wildman–Crippen MR) is 80.8 cm³/mol. The van der Waals surface area contributed by atoms with Gasteiger partial charge >= 0.3 is 6.61 Å². The Morgan fingerprint density at radius 3 is 2.91 bits per heavy atom.